The van der Waals surface area contributed by atoms with E-state index in [4.69, 9.17) is 4.18 Å². The van der Waals surface area contributed by atoms with Crippen molar-refractivity contribution in [2.45, 2.75) is 58.4 Å². The normalized spacial score (nSPS) is 12.8. The van der Waals surface area contributed by atoms with E-state index in [1.54, 1.807) is 29.2 Å². The topological polar surface area (TPSA) is 75.7 Å². The second-order valence-corrected chi connectivity index (χ2v) is 8.57. The lowest BCUT2D eigenvalue weighted by Crippen LogP contribution is -2.43. The van der Waals surface area contributed by atoms with Crippen molar-refractivity contribution in [3.63, 3.8) is 0 Å². The van der Waals surface area contributed by atoms with Crippen molar-refractivity contribution in [1.82, 2.24) is 10.2 Å². The first-order valence-corrected chi connectivity index (χ1v) is 10.6. The lowest BCUT2D eigenvalue weighted by atomic mass is 10.0. The van der Waals surface area contributed by atoms with Crippen LogP contribution in [0, 0.1) is 12.8 Å². The quantitative estimate of drug-likeness (QED) is 0.626. The standard InChI is InChI=1S/C19H32N2O4S/c1-6-21(19(22)20-15(2)3)13-11-17(5)12-14-25-26(23,24)18-9-7-16(4)8-10-18/h7-10,15,17H,6,11-14H2,1-5H3,(H,20,22). The summed E-state index contributed by atoms with van der Waals surface area (Å²) in [7, 11) is -3.71. The molecular weight excluding hydrogens is 352 g/mol. The SMILES string of the molecule is CCN(CCC(C)CCOS(=O)(=O)c1ccc(C)cc1)C(=O)NC(C)C. The Morgan fingerprint density at radius 2 is 1.77 bits per heavy atom. The maximum atomic E-state index is 12.1. The molecule has 1 unspecified atom stereocenters. The van der Waals surface area contributed by atoms with Crippen LogP contribution >= 0.6 is 0 Å². The third-order valence-electron chi connectivity index (χ3n) is 4.13. The van der Waals surface area contributed by atoms with Gasteiger partial charge in [-0.15, -0.1) is 0 Å². The molecule has 1 aromatic carbocycles. The number of hydrogen-bond donors (Lipinski definition) is 1. The molecule has 6 nitrogen and oxygen atoms in total. The fraction of sp³-hybridized carbons (Fsp3) is 0.632. The zero-order valence-corrected chi connectivity index (χ0v) is 17.3. The Kier molecular flexibility index (Phi) is 9.08. The molecule has 1 rings (SSSR count). The summed E-state index contributed by atoms with van der Waals surface area (Å²) in [5.41, 5.74) is 1.000. The second-order valence-electron chi connectivity index (χ2n) is 6.96. The minimum absolute atomic E-state index is 0.0621. The van der Waals surface area contributed by atoms with Crippen LogP contribution in [0.3, 0.4) is 0 Å². The summed E-state index contributed by atoms with van der Waals surface area (Å²) >= 11 is 0. The summed E-state index contributed by atoms with van der Waals surface area (Å²) in [5, 5.41) is 2.89. The number of urea groups is 1. The van der Waals surface area contributed by atoms with Crippen LogP contribution in [0.15, 0.2) is 29.2 Å². The number of rotatable bonds is 10. The number of carbonyl (C=O) groups excluding carboxylic acids is 1. The number of carbonyl (C=O) groups is 1. The lowest BCUT2D eigenvalue weighted by molar-refractivity contribution is 0.192. The Morgan fingerprint density at radius 3 is 2.31 bits per heavy atom. The number of nitrogens with zero attached hydrogens (tertiary/aromatic N) is 1. The molecule has 7 heteroatoms. The van der Waals surface area contributed by atoms with E-state index in [1.165, 1.54) is 0 Å². The molecule has 0 heterocycles. The summed E-state index contributed by atoms with van der Waals surface area (Å²) in [6.45, 7) is 11.2. The van der Waals surface area contributed by atoms with Gasteiger partial charge >= 0.3 is 6.03 Å². The molecule has 2 amide bonds. The Balaban J connectivity index is 2.40. The molecule has 0 aliphatic heterocycles. The number of nitrogens with one attached hydrogen (secondary N) is 1. The zero-order chi connectivity index (χ0) is 19.7. The smallest absolute Gasteiger partial charge is 0.317 e. The third-order valence-corrected chi connectivity index (χ3v) is 5.46. The molecule has 0 spiro atoms. The molecule has 1 aromatic rings. The van der Waals surface area contributed by atoms with Crippen LogP contribution in [0.5, 0.6) is 0 Å². The maximum Gasteiger partial charge on any atom is 0.317 e. The predicted molar refractivity (Wildman–Crippen MR) is 104 cm³/mol. The van der Waals surface area contributed by atoms with Gasteiger partial charge in [0.25, 0.3) is 10.1 Å². The van der Waals surface area contributed by atoms with Crippen LogP contribution < -0.4 is 5.32 Å². The van der Waals surface area contributed by atoms with Crippen molar-refractivity contribution in [2.24, 2.45) is 5.92 Å². The minimum Gasteiger partial charge on any atom is -0.336 e. The van der Waals surface area contributed by atoms with Gasteiger partial charge < -0.3 is 10.2 Å². The maximum absolute atomic E-state index is 12.1. The summed E-state index contributed by atoms with van der Waals surface area (Å²) in [5.74, 6) is 0.254. The van der Waals surface area contributed by atoms with Gasteiger partial charge in [0.2, 0.25) is 0 Å². The van der Waals surface area contributed by atoms with Crippen molar-refractivity contribution >= 4 is 16.1 Å². The highest BCUT2D eigenvalue weighted by Crippen LogP contribution is 2.15. The average molecular weight is 385 g/mol. The zero-order valence-electron chi connectivity index (χ0n) is 16.5. The number of benzene rings is 1. The fourth-order valence-electron chi connectivity index (χ4n) is 2.39. The summed E-state index contributed by atoms with van der Waals surface area (Å²) in [4.78, 5) is 14.0. The van der Waals surface area contributed by atoms with Crippen molar-refractivity contribution in [3.8, 4) is 0 Å². The molecule has 0 bridgehead atoms. The highest BCUT2D eigenvalue weighted by molar-refractivity contribution is 7.86. The number of aryl methyl sites for hydroxylation is 1. The molecule has 148 valence electrons. The Morgan fingerprint density at radius 1 is 1.15 bits per heavy atom. The monoisotopic (exact) mass is 384 g/mol. The van der Waals surface area contributed by atoms with Gasteiger partial charge in [-0.25, -0.2) is 4.79 Å². The molecule has 1 N–H and O–H groups in total. The molecule has 0 aliphatic carbocycles. The van der Waals surface area contributed by atoms with Crippen LogP contribution in [-0.2, 0) is 14.3 Å². The van der Waals surface area contributed by atoms with Crippen LogP contribution in [-0.4, -0.2) is 45.1 Å². The van der Waals surface area contributed by atoms with Crippen molar-refractivity contribution < 1.29 is 17.4 Å². The Bertz CT molecular complexity index is 657. The first-order chi connectivity index (χ1) is 12.2. The van der Waals surface area contributed by atoms with E-state index in [0.717, 1.165) is 12.0 Å². The van der Waals surface area contributed by atoms with Crippen LogP contribution in [0.25, 0.3) is 0 Å². The molecule has 26 heavy (non-hydrogen) atoms. The fourth-order valence-corrected chi connectivity index (χ4v) is 3.32. The molecule has 0 aromatic heterocycles. The van der Waals surface area contributed by atoms with E-state index < -0.39 is 10.1 Å². The predicted octanol–water partition coefficient (Wildman–Crippen LogP) is 3.56. The van der Waals surface area contributed by atoms with Gasteiger partial charge in [0.15, 0.2) is 0 Å². The summed E-state index contributed by atoms with van der Waals surface area (Å²) in [6, 6.07) is 6.66. The van der Waals surface area contributed by atoms with Crippen molar-refractivity contribution in [3.05, 3.63) is 29.8 Å². The van der Waals surface area contributed by atoms with Gasteiger partial charge in [0.1, 0.15) is 0 Å². The minimum atomic E-state index is -3.71. The van der Waals surface area contributed by atoms with E-state index in [-0.39, 0.29) is 29.5 Å². The summed E-state index contributed by atoms with van der Waals surface area (Å²) < 4.78 is 29.4. The highest BCUT2D eigenvalue weighted by Gasteiger charge is 2.17. The van der Waals surface area contributed by atoms with Gasteiger partial charge in [0, 0.05) is 19.1 Å². The number of hydrogen-bond acceptors (Lipinski definition) is 4. The molecule has 0 radical (unpaired) electrons. The van der Waals surface area contributed by atoms with Crippen LogP contribution in [0.1, 0.15) is 46.1 Å². The van der Waals surface area contributed by atoms with Gasteiger partial charge in [-0.2, -0.15) is 8.42 Å². The average Bonchev–Trinajstić information content (AvgIpc) is 2.55. The second kappa shape index (κ2) is 10.5. The van der Waals surface area contributed by atoms with E-state index >= 15 is 0 Å². The van der Waals surface area contributed by atoms with E-state index in [9.17, 15) is 13.2 Å². The molecule has 0 fully saturated rings. The first kappa shape index (κ1) is 22.4. The highest BCUT2D eigenvalue weighted by atomic mass is 32.2. The van der Waals surface area contributed by atoms with Crippen molar-refractivity contribution in [2.75, 3.05) is 19.7 Å². The molecule has 0 saturated carbocycles. The first-order valence-electron chi connectivity index (χ1n) is 9.17. The Hall–Kier alpha value is -1.60. The van der Waals surface area contributed by atoms with Crippen LogP contribution in [0.2, 0.25) is 0 Å². The third kappa shape index (κ3) is 7.74. The number of amides is 2. The van der Waals surface area contributed by atoms with Gasteiger partial charge in [-0.1, -0.05) is 24.6 Å². The summed E-state index contributed by atoms with van der Waals surface area (Å²) in [6.07, 6.45) is 1.42. The van der Waals surface area contributed by atoms with Crippen molar-refractivity contribution in [1.29, 1.82) is 0 Å². The van der Waals surface area contributed by atoms with Gasteiger partial charge in [0.05, 0.1) is 11.5 Å². The van der Waals surface area contributed by atoms with Crippen LogP contribution in [0.4, 0.5) is 4.79 Å². The molecular formula is C19H32N2O4S. The van der Waals surface area contributed by atoms with E-state index in [0.29, 0.717) is 19.5 Å². The molecule has 0 aliphatic rings. The van der Waals surface area contributed by atoms with Gasteiger partial charge in [-0.3, -0.25) is 4.18 Å². The molecule has 1 atom stereocenters. The largest absolute Gasteiger partial charge is 0.336 e. The van der Waals surface area contributed by atoms with Gasteiger partial charge in [-0.05, 0) is 58.6 Å². The Labute approximate surface area is 158 Å². The van der Waals surface area contributed by atoms with E-state index in [2.05, 4.69) is 5.32 Å². The van der Waals surface area contributed by atoms with E-state index in [1.807, 2.05) is 34.6 Å². The molecule has 0 saturated heterocycles. The lowest BCUT2D eigenvalue weighted by Gasteiger charge is -2.24.